The van der Waals surface area contributed by atoms with Crippen molar-refractivity contribution in [2.24, 2.45) is 17.3 Å². The van der Waals surface area contributed by atoms with Crippen molar-refractivity contribution in [3.05, 3.63) is 0 Å². The molecule has 1 saturated carbocycles. The van der Waals surface area contributed by atoms with E-state index in [0.717, 1.165) is 0 Å². The van der Waals surface area contributed by atoms with Gasteiger partial charge < -0.3 is 9.16 Å². The van der Waals surface area contributed by atoms with E-state index < -0.39 is 8.32 Å². The number of ether oxygens (including phenoxy) is 1. The Bertz CT molecular complexity index is 314. The summed E-state index contributed by atoms with van der Waals surface area (Å²) in [4.78, 5) is 11.8. The van der Waals surface area contributed by atoms with Gasteiger partial charge in [0, 0.05) is 5.92 Å². The summed E-state index contributed by atoms with van der Waals surface area (Å²) in [6, 6.07) is 0. The molecule has 1 aliphatic carbocycles. The van der Waals surface area contributed by atoms with Crippen molar-refractivity contribution in [2.75, 3.05) is 7.11 Å². The van der Waals surface area contributed by atoms with Gasteiger partial charge in [-0.2, -0.15) is 0 Å². The average molecular weight is 258 g/mol. The van der Waals surface area contributed by atoms with Crippen LogP contribution in [-0.4, -0.2) is 27.0 Å². The van der Waals surface area contributed by atoms with Crippen LogP contribution in [0.4, 0.5) is 0 Å². The summed E-state index contributed by atoms with van der Waals surface area (Å²) < 4.78 is 11.3. The predicted molar refractivity (Wildman–Crippen MR) is 71.3 cm³/mol. The maximum Gasteiger partial charge on any atom is 0.311 e. The van der Waals surface area contributed by atoms with Crippen molar-refractivity contribution < 1.29 is 14.0 Å². The lowest BCUT2D eigenvalue weighted by Crippen LogP contribution is -2.44. The van der Waals surface area contributed by atoms with E-state index >= 15 is 0 Å². The van der Waals surface area contributed by atoms with Crippen LogP contribution in [0, 0.1) is 17.3 Å². The third kappa shape index (κ3) is 2.43. The van der Waals surface area contributed by atoms with Crippen molar-refractivity contribution in [3.8, 4) is 0 Å². The van der Waals surface area contributed by atoms with E-state index in [0.29, 0.717) is 0 Å². The maximum atomic E-state index is 11.8. The van der Waals surface area contributed by atoms with Gasteiger partial charge in [0.15, 0.2) is 8.32 Å². The molecule has 1 rings (SSSR count). The second-order valence-corrected chi connectivity index (χ2v) is 11.5. The summed E-state index contributed by atoms with van der Waals surface area (Å²) in [5.41, 5.74) is -0.393. The lowest BCUT2D eigenvalue weighted by Gasteiger charge is -2.38. The van der Waals surface area contributed by atoms with E-state index in [2.05, 4.69) is 47.3 Å². The van der Waals surface area contributed by atoms with E-state index in [9.17, 15) is 4.79 Å². The molecule has 0 spiro atoms. The van der Waals surface area contributed by atoms with Crippen LogP contribution in [0.25, 0.3) is 0 Å². The Morgan fingerprint density at radius 1 is 1.24 bits per heavy atom. The van der Waals surface area contributed by atoms with Gasteiger partial charge in [0.05, 0.1) is 18.6 Å². The number of rotatable bonds is 3. The molecule has 0 bridgehead atoms. The first kappa shape index (κ1) is 14.7. The molecule has 0 heterocycles. The van der Waals surface area contributed by atoms with Gasteiger partial charge in [0.1, 0.15) is 0 Å². The first-order chi connectivity index (χ1) is 7.47. The Kier molecular flexibility index (Phi) is 3.54. The van der Waals surface area contributed by atoms with Gasteiger partial charge in [-0.25, -0.2) is 0 Å². The first-order valence-corrected chi connectivity index (χ1v) is 9.66. The molecule has 0 amide bonds. The van der Waals surface area contributed by atoms with E-state index in [1.807, 2.05) is 0 Å². The molecule has 0 N–H and O–H groups in total. The van der Waals surface area contributed by atoms with E-state index in [-0.39, 0.29) is 28.8 Å². The van der Waals surface area contributed by atoms with E-state index in [4.69, 9.17) is 9.16 Å². The number of hydrogen-bond acceptors (Lipinski definition) is 3. The van der Waals surface area contributed by atoms with Crippen LogP contribution in [0.15, 0.2) is 0 Å². The lowest BCUT2D eigenvalue weighted by atomic mass is 9.84. The zero-order valence-corrected chi connectivity index (χ0v) is 13.4. The Hall–Kier alpha value is -0.353. The minimum Gasteiger partial charge on any atom is -0.469 e. The van der Waals surface area contributed by atoms with Crippen molar-refractivity contribution in [1.82, 2.24) is 0 Å². The zero-order valence-electron chi connectivity index (χ0n) is 12.4. The Labute approximate surface area is 106 Å². The van der Waals surface area contributed by atoms with Gasteiger partial charge in [-0.1, -0.05) is 27.7 Å². The second kappa shape index (κ2) is 4.09. The molecule has 17 heavy (non-hydrogen) atoms. The minimum atomic E-state index is -1.69. The molecule has 1 aliphatic rings. The molecule has 1 fully saturated rings. The number of methoxy groups -OCH3 is 1. The Balaban J connectivity index is 3.05. The van der Waals surface area contributed by atoms with Gasteiger partial charge in [0.25, 0.3) is 0 Å². The fourth-order valence-electron chi connectivity index (χ4n) is 3.00. The van der Waals surface area contributed by atoms with Gasteiger partial charge in [-0.3, -0.25) is 4.79 Å². The number of carbonyl (C=O) groups is 1. The monoisotopic (exact) mass is 258 g/mol. The molecule has 4 heteroatoms. The molecular formula is C13H26O3Si. The maximum absolute atomic E-state index is 11.8. The average Bonchev–Trinajstić information content (AvgIpc) is 2.67. The highest BCUT2D eigenvalue weighted by atomic mass is 28.4. The van der Waals surface area contributed by atoms with Crippen LogP contribution >= 0.6 is 0 Å². The molecule has 100 valence electrons. The molecule has 0 aromatic carbocycles. The third-order valence-corrected chi connectivity index (χ3v) is 4.58. The second-order valence-electron chi connectivity index (χ2n) is 7.05. The lowest BCUT2D eigenvalue weighted by molar-refractivity contribution is -0.145. The van der Waals surface area contributed by atoms with Gasteiger partial charge >= 0.3 is 5.97 Å². The molecule has 0 aromatic rings. The molecule has 0 unspecified atom stereocenters. The number of hydrogen-bond donors (Lipinski definition) is 0. The van der Waals surface area contributed by atoms with Crippen LogP contribution < -0.4 is 0 Å². The third-order valence-electron chi connectivity index (χ3n) is 3.63. The van der Waals surface area contributed by atoms with Gasteiger partial charge in [0.2, 0.25) is 0 Å². The molecule has 3 nitrogen and oxygen atoms in total. The topological polar surface area (TPSA) is 35.5 Å². The van der Waals surface area contributed by atoms with Crippen LogP contribution in [-0.2, 0) is 14.0 Å². The number of carbonyl (C=O) groups excluding carboxylic acids is 1. The largest absolute Gasteiger partial charge is 0.469 e. The summed E-state index contributed by atoms with van der Waals surface area (Å²) in [6.07, 6.45) is 0. The molecular weight excluding hydrogens is 232 g/mol. The predicted octanol–water partition coefficient (Wildman–Crippen LogP) is 3.06. The van der Waals surface area contributed by atoms with Crippen LogP contribution in [0.2, 0.25) is 19.6 Å². The van der Waals surface area contributed by atoms with Crippen LogP contribution in [0.3, 0.4) is 0 Å². The van der Waals surface area contributed by atoms with Crippen molar-refractivity contribution in [3.63, 3.8) is 0 Å². The standard InChI is InChI=1S/C13H26O3Si/c1-9-10(11(14)15-5)13(9,12(2,3)4)16-17(6,7)8/h9-10H,1-8H3/t9-,10+,13-/m0/s1. The summed E-state index contributed by atoms with van der Waals surface area (Å²) >= 11 is 0. The van der Waals surface area contributed by atoms with Crippen molar-refractivity contribution >= 4 is 14.3 Å². The Morgan fingerprint density at radius 3 is 2.00 bits per heavy atom. The zero-order chi connectivity index (χ0) is 13.6. The first-order valence-electron chi connectivity index (χ1n) is 6.25. The summed E-state index contributed by atoms with van der Waals surface area (Å²) in [5, 5.41) is 0. The van der Waals surface area contributed by atoms with Crippen molar-refractivity contribution in [2.45, 2.75) is 52.9 Å². The molecule has 0 radical (unpaired) electrons. The smallest absolute Gasteiger partial charge is 0.311 e. The van der Waals surface area contributed by atoms with Crippen LogP contribution in [0.5, 0.6) is 0 Å². The van der Waals surface area contributed by atoms with Gasteiger partial charge in [-0.15, -0.1) is 0 Å². The normalized spacial score (nSPS) is 33.4. The summed E-state index contributed by atoms with van der Waals surface area (Å²) in [6.45, 7) is 15.0. The highest BCUT2D eigenvalue weighted by Gasteiger charge is 2.73. The highest BCUT2D eigenvalue weighted by molar-refractivity contribution is 6.69. The molecule has 0 aliphatic heterocycles. The Morgan fingerprint density at radius 2 is 1.71 bits per heavy atom. The highest BCUT2D eigenvalue weighted by Crippen LogP contribution is 2.63. The fraction of sp³-hybridized carbons (Fsp3) is 0.923. The number of esters is 1. The molecule has 0 saturated heterocycles. The quantitative estimate of drug-likeness (QED) is 0.576. The van der Waals surface area contributed by atoms with Crippen LogP contribution in [0.1, 0.15) is 27.7 Å². The summed E-state index contributed by atoms with van der Waals surface area (Å²) in [5.74, 6) is -0.00780. The summed E-state index contributed by atoms with van der Waals surface area (Å²) in [7, 11) is -0.236. The van der Waals surface area contributed by atoms with Gasteiger partial charge in [-0.05, 0) is 25.1 Å². The SMILES string of the molecule is COC(=O)[C@H]1[C@H](C)[C@@]1(O[Si](C)(C)C)C(C)(C)C. The molecule has 3 atom stereocenters. The minimum absolute atomic E-state index is 0.0500. The van der Waals surface area contributed by atoms with E-state index in [1.165, 1.54) is 7.11 Å². The fourth-order valence-corrected chi connectivity index (χ4v) is 4.63. The van der Waals surface area contributed by atoms with Crippen molar-refractivity contribution in [1.29, 1.82) is 0 Å². The molecule has 0 aromatic heterocycles. The van der Waals surface area contributed by atoms with E-state index in [1.54, 1.807) is 0 Å².